The molecule has 0 atom stereocenters. The van der Waals surface area contributed by atoms with E-state index < -0.39 is 0 Å². The van der Waals surface area contributed by atoms with Gasteiger partial charge in [0.1, 0.15) is 0 Å². The smallest absolute Gasteiger partial charge is 0.0474 e. The normalized spacial score (nSPS) is 10.8. The van der Waals surface area contributed by atoms with Crippen molar-refractivity contribution < 1.29 is 0 Å². The zero-order valence-electron chi connectivity index (χ0n) is 6.80. The number of hydrogen-bond acceptors (Lipinski definition) is 1. The number of alkyl halides is 1. The van der Waals surface area contributed by atoms with E-state index in [0.29, 0.717) is 5.88 Å². The van der Waals surface area contributed by atoms with Crippen molar-refractivity contribution in [2.75, 3.05) is 0 Å². The number of aryl methyl sites for hydroxylation is 1. The van der Waals surface area contributed by atoms with Crippen molar-refractivity contribution in [2.24, 2.45) is 0 Å². The van der Waals surface area contributed by atoms with Crippen LogP contribution in [-0.2, 0) is 5.88 Å². The zero-order valence-corrected chi connectivity index (χ0v) is 8.38. The van der Waals surface area contributed by atoms with Crippen molar-refractivity contribution in [3.8, 4) is 0 Å². The van der Waals surface area contributed by atoms with Crippen LogP contribution in [0.15, 0.2) is 23.6 Å². The van der Waals surface area contributed by atoms with Crippen molar-refractivity contribution in [2.45, 2.75) is 12.8 Å². The molecule has 0 spiro atoms. The molecule has 2 heteroatoms. The fraction of sp³-hybridized carbons (Fsp3) is 0.200. The zero-order chi connectivity index (χ0) is 8.55. The van der Waals surface area contributed by atoms with E-state index in [1.165, 1.54) is 21.2 Å². The van der Waals surface area contributed by atoms with Crippen LogP contribution in [0.3, 0.4) is 0 Å². The van der Waals surface area contributed by atoms with Crippen molar-refractivity contribution in [1.29, 1.82) is 0 Å². The Balaban J connectivity index is 2.71. The summed E-state index contributed by atoms with van der Waals surface area (Å²) < 4.78 is 1.35. The second-order valence-electron chi connectivity index (χ2n) is 2.88. The van der Waals surface area contributed by atoms with Crippen LogP contribution in [0.1, 0.15) is 11.1 Å². The van der Waals surface area contributed by atoms with Gasteiger partial charge in [-0.2, -0.15) is 0 Å². The molecule has 0 aliphatic heterocycles. The lowest BCUT2D eigenvalue weighted by Gasteiger charge is -1.95. The molecule has 2 aromatic rings. The van der Waals surface area contributed by atoms with E-state index in [1.807, 2.05) is 0 Å². The molecule has 0 aliphatic rings. The Labute approximate surface area is 80.8 Å². The Morgan fingerprint density at radius 2 is 2.25 bits per heavy atom. The third kappa shape index (κ3) is 1.23. The van der Waals surface area contributed by atoms with E-state index in [4.69, 9.17) is 11.6 Å². The molecule has 62 valence electrons. The highest BCUT2D eigenvalue weighted by atomic mass is 35.5. The van der Waals surface area contributed by atoms with Gasteiger partial charge in [-0.15, -0.1) is 22.9 Å². The summed E-state index contributed by atoms with van der Waals surface area (Å²) in [6.07, 6.45) is 0. The average Bonchev–Trinajstić information content (AvgIpc) is 2.47. The second-order valence-corrected chi connectivity index (χ2v) is 4.06. The van der Waals surface area contributed by atoms with Crippen LogP contribution in [0.4, 0.5) is 0 Å². The standard InChI is InChI=1S/C10H9ClS/c1-7-6-12-10-3-2-8(5-11)4-9(7)10/h2-4,6H,5H2,1H3. The molecule has 0 bridgehead atoms. The highest BCUT2D eigenvalue weighted by molar-refractivity contribution is 7.17. The van der Waals surface area contributed by atoms with E-state index in [-0.39, 0.29) is 0 Å². The minimum Gasteiger partial charge on any atom is -0.144 e. The third-order valence-corrected chi connectivity index (χ3v) is 3.38. The SMILES string of the molecule is Cc1csc2ccc(CCl)cc12. The van der Waals surface area contributed by atoms with Gasteiger partial charge in [0.15, 0.2) is 0 Å². The van der Waals surface area contributed by atoms with Gasteiger partial charge in [0, 0.05) is 10.6 Å². The lowest BCUT2D eigenvalue weighted by Crippen LogP contribution is -1.76. The highest BCUT2D eigenvalue weighted by Crippen LogP contribution is 2.26. The predicted molar refractivity (Wildman–Crippen MR) is 56.1 cm³/mol. The van der Waals surface area contributed by atoms with Crippen molar-refractivity contribution >= 4 is 33.0 Å². The first-order valence-corrected chi connectivity index (χ1v) is 5.25. The maximum Gasteiger partial charge on any atom is 0.0474 e. The van der Waals surface area contributed by atoms with Gasteiger partial charge in [0.25, 0.3) is 0 Å². The van der Waals surface area contributed by atoms with Gasteiger partial charge in [0.05, 0.1) is 0 Å². The molecule has 0 saturated carbocycles. The van der Waals surface area contributed by atoms with Gasteiger partial charge < -0.3 is 0 Å². The van der Waals surface area contributed by atoms with Crippen LogP contribution < -0.4 is 0 Å². The molecular weight excluding hydrogens is 188 g/mol. The van der Waals surface area contributed by atoms with Crippen LogP contribution in [-0.4, -0.2) is 0 Å². The summed E-state index contributed by atoms with van der Waals surface area (Å²) in [6, 6.07) is 6.41. The number of hydrogen-bond donors (Lipinski definition) is 0. The second kappa shape index (κ2) is 3.08. The summed E-state index contributed by atoms with van der Waals surface area (Å²) in [6.45, 7) is 2.14. The topological polar surface area (TPSA) is 0 Å². The largest absolute Gasteiger partial charge is 0.144 e. The average molecular weight is 197 g/mol. The Morgan fingerprint density at radius 3 is 3.00 bits per heavy atom. The van der Waals surface area contributed by atoms with Crippen LogP contribution in [0.25, 0.3) is 10.1 Å². The first kappa shape index (κ1) is 8.09. The monoisotopic (exact) mass is 196 g/mol. The first-order valence-electron chi connectivity index (χ1n) is 3.84. The fourth-order valence-corrected chi connectivity index (χ4v) is 2.38. The van der Waals surface area contributed by atoms with Gasteiger partial charge >= 0.3 is 0 Å². The molecule has 1 aromatic carbocycles. The predicted octanol–water partition coefficient (Wildman–Crippen LogP) is 3.95. The van der Waals surface area contributed by atoms with Gasteiger partial charge in [-0.1, -0.05) is 6.07 Å². The van der Waals surface area contributed by atoms with Gasteiger partial charge in [0.2, 0.25) is 0 Å². The summed E-state index contributed by atoms with van der Waals surface area (Å²) in [4.78, 5) is 0. The van der Waals surface area contributed by atoms with Crippen LogP contribution in [0.5, 0.6) is 0 Å². The van der Waals surface area contributed by atoms with Gasteiger partial charge in [-0.25, -0.2) is 0 Å². The number of halogens is 1. The third-order valence-electron chi connectivity index (χ3n) is 1.99. The first-order chi connectivity index (χ1) is 5.81. The number of fused-ring (bicyclic) bond motifs is 1. The van der Waals surface area contributed by atoms with E-state index in [0.717, 1.165) is 0 Å². The summed E-state index contributed by atoms with van der Waals surface area (Å²) >= 11 is 7.54. The minimum atomic E-state index is 0.602. The molecule has 0 nitrogen and oxygen atoms in total. The van der Waals surface area contributed by atoms with E-state index >= 15 is 0 Å². The summed E-state index contributed by atoms with van der Waals surface area (Å²) in [5.41, 5.74) is 2.55. The maximum absolute atomic E-state index is 5.75. The summed E-state index contributed by atoms with van der Waals surface area (Å²) in [7, 11) is 0. The molecule has 2 rings (SSSR count). The molecule has 0 fully saturated rings. The molecule has 1 heterocycles. The Bertz CT molecular complexity index is 403. The highest BCUT2D eigenvalue weighted by Gasteiger charge is 1.99. The number of benzene rings is 1. The number of rotatable bonds is 1. The van der Waals surface area contributed by atoms with E-state index in [1.54, 1.807) is 11.3 Å². The summed E-state index contributed by atoms with van der Waals surface area (Å²) in [5, 5.41) is 3.53. The lowest BCUT2D eigenvalue weighted by atomic mass is 10.1. The molecule has 12 heavy (non-hydrogen) atoms. The molecule has 0 aliphatic carbocycles. The molecule has 0 N–H and O–H groups in total. The van der Waals surface area contributed by atoms with Crippen molar-refractivity contribution in [3.05, 3.63) is 34.7 Å². The van der Waals surface area contributed by atoms with Gasteiger partial charge in [-0.05, 0) is 40.9 Å². The Kier molecular flexibility index (Phi) is 2.07. The quantitative estimate of drug-likeness (QED) is 0.606. The molecular formula is C10H9ClS. The maximum atomic E-state index is 5.75. The van der Waals surface area contributed by atoms with Crippen LogP contribution in [0, 0.1) is 6.92 Å². The van der Waals surface area contributed by atoms with Crippen molar-refractivity contribution in [1.82, 2.24) is 0 Å². The van der Waals surface area contributed by atoms with Crippen molar-refractivity contribution in [3.63, 3.8) is 0 Å². The van der Waals surface area contributed by atoms with E-state index in [9.17, 15) is 0 Å². The van der Waals surface area contributed by atoms with Crippen LogP contribution in [0.2, 0.25) is 0 Å². The Hall–Kier alpha value is -0.530. The molecule has 0 unspecified atom stereocenters. The van der Waals surface area contributed by atoms with Gasteiger partial charge in [-0.3, -0.25) is 0 Å². The molecule has 1 aromatic heterocycles. The molecule has 0 radical (unpaired) electrons. The summed E-state index contributed by atoms with van der Waals surface area (Å²) in [5.74, 6) is 0.602. The molecule has 0 amide bonds. The fourth-order valence-electron chi connectivity index (χ4n) is 1.29. The Morgan fingerprint density at radius 1 is 1.42 bits per heavy atom. The number of thiophene rings is 1. The molecule has 0 saturated heterocycles. The minimum absolute atomic E-state index is 0.602. The van der Waals surface area contributed by atoms with E-state index in [2.05, 4.69) is 30.5 Å². The van der Waals surface area contributed by atoms with Crippen LogP contribution >= 0.6 is 22.9 Å². The lowest BCUT2D eigenvalue weighted by molar-refractivity contribution is 1.42.